The van der Waals surface area contributed by atoms with Gasteiger partial charge in [0.05, 0.1) is 10.3 Å². The van der Waals surface area contributed by atoms with Crippen LogP contribution in [0.3, 0.4) is 0 Å². The van der Waals surface area contributed by atoms with Crippen molar-refractivity contribution in [2.24, 2.45) is 5.41 Å². The van der Waals surface area contributed by atoms with Gasteiger partial charge in [0.15, 0.2) is 5.78 Å². The highest BCUT2D eigenvalue weighted by molar-refractivity contribution is 8.03. The first-order valence-corrected chi connectivity index (χ1v) is 36.7. The van der Waals surface area contributed by atoms with Crippen molar-refractivity contribution >= 4 is 45.8 Å². The third-order valence-corrected chi connectivity index (χ3v) is 19.7. The molecule has 5 rings (SSSR count). The molecule has 0 amide bonds. The second-order valence-corrected chi connectivity index (χ2v) is 26.5. The van der Waals surface area contributed by atoms with E-state index in [0.29, 0.717) is 31.0 Å². The number of anilines is 2. The smallest absolute Gasteiger partial charge is 0.326 e. The van der Waals surface area contributed by atoms with Gasteiger partial charge < -0.3 is 20.5 Å². The van der Waals surface area contributed by atoms with Crippen LogP contribution in [-0.2, 0) is 14.3 Å². The molecule has 1 fully saturated rings. The second kappa shape index (κ2) is 45.8. The zero-order valence-corrected chi connectivity index (χ0v) is 54.2. The Morgan fingerprint density at radius 1 is 0.530 bits per heavy atom. The Hall–Kier alpha value is -3.43. The maximum Gasteiger partial charge on any atom is 0.326 e. The van der Waals surface area contributed by atoms with E-state index in [-0.39, 0.29) is 11.7 Å². The molecule has 2 aliphatic rings. The largest absolute Gasteiger partial charge is 0.480 e. The summed E-state index contributed by atoms with van der Waals surface area (Å²) in [5.41, 5.74) is 1.88. The molecule has 0 bridgehead atoms. The molecule has 9 heteroatoms. The lowest BCUT2D eigenvalue weighted by Crippen LogP contribution is -2.54. The van der Waals surface area contributed by atoms with E-state index >= 15 is 0 Å². The standard InChI is InChI=1S/C74H122N4O4S/c1-3-66(63-50-52-65(53-51-63)77-72-67-62-75-58-54-64(67)55-59-76-72)68(73(80)81)78-70-69(83-2)71(79)74(70)56-48-46-44-42-40-38-36-34-32-30-28-26-24-22-20-18-16-14-12-10-8-6-4-5-7-9-11-13-15-17-19-21-23-25-27-29-31-33-35-37-39-41-43-45-47-49-60-82-61-57-74/h50-55,58-59,62,66,68,78H,3-49,56-57,60-61H2,1-2H3,(H,76,77)(H,80,81)/t66?,68-,74?/m0/s1. The SMILES string of the molecule is CCC(c1ccc(Nc2nccc3ccncc23)cc1)[C@H](NC1=C(SC)C(=O)C12CCCCCCCCCCCCCCCCCCCCCCCCCCCCCCCCCCCCCCCCCCCCCCCCOCC2)C(=O)O. The van der Waals surface area contributed by atoms with E-state index in [1.54, 1.807) is 12.4 Å². The Labute approximate surface area is 512 Å². The normalized spacial score (nSPS) is 22.7. The number of thioether (sulfide) groups is 1. The minimum atomic E-state index is -0.903. The number of fused-ring (bicyclic) bond motifs is 1. The number of benzene rings is 1. The van der Waals surface area contributed by atoms with E-state index in [1.165, 1.54) is 288 Å². The summed E-state index contributed by atoms with van der Waals surface area (Å²) in [6, 6.07) is 11.1. The number of carboxylic acids is 1. The van der Waals surface area contributed by atoms with Crippen molar-refractivity contribution in [1.82, 2.24) is 15.3 Å². The third kappa shape index (κ3) is 28.3. The van der Waals surface area contributed by atoms with Gasteiger partial charge in [-0.15, -0.1) is 11.8 Å². The molecule has 3 aromatic rings. The quantitative estimate of drug-likeness (QED) is 0.193. The lowest BCUT2D eigenvalue weighted by molar-refractivity contribution is -0.140. The maximum absolute atomic E-state index is 14.4. The van der Waals surface area contributed by atoms with Crippen LogP contribution in [0.15, 0.2) is 65.6 Å². The number of Topliss-reactive ketones (excluding diaryl/α,β-unsaturated/α-hetero) is 1. The highest BCUT2D eigenvalue weighted by Gasteiger charge is 2.54. The average Bonchev–Trinajstić information content (AvgIpc) is 1.70. The fraction of sp³-hybridized carbons (Fsp3) is 0.757. The fourth-order valence-electron chi connectivity index (χ4n) is 13.6. The highest BCUT2D eigenvalue weighted by Crippen LogP contribution is 2.52. The molecule has 2 aromatic heterocycles. The first kappa shape index (κ1) is 70.3. The first-order valence-electron chi connectivity index (χ1n) is 35.4. The maximum atomic E-state index is 14.4. The van der Waals surface area contributed by atoms with Gasteiger partial charge in [-0.1, -0.05) is 308 Å². The summed E-state index contributed by atoms with van der Waals surface area (Å²) in [5, 5.41) is 20.0. The van der Waals surface area contributed by atoms with Crippen LogP contribution in [0.1, 0.15) is 333 Å². The van der Waals surface area contributed by atoms with Crippen LogP contribution in [0.2, 0.25) is 0 Å². The zero-order valence-electron chi connectivity index (χ0n) is 53.4. The Morgan fingerprint density at radius 2 is 0.916 bits per heavy atom. The van der Waals surface area contributed by atoms with Gasteiger partial charge >= 0.3 is 5.97 Å². The molecule has 468 valence electrons. The number of allylic oxidation sites excluding steroid dienone is 2. The monoisotopic (exact) mass is 1160 g/mol. The van der Waals surface area contributed by atoms with Crippen molar-refractivity contribution in [2.45, 2.75) is 334 Å². The van der Waals surface area contributed by atoms with Crippen molar-refractivity contribution in [1.29, 1.82) is 0 Å². The van der Waals surface area contributed by atoms with Crippen LogP contribution < -0.4 is 10.6 Å². The first-order chi connectivity index (χ1) is 41.0. The van der Waals surface area contributed by atoms with E-state index in [9.17, 15) is 14.7 Å². The molecule has 3 N–H and O–H groups in total. The number of rotatable bonds is 9. The number of carboxylic acid groups (broad SMARTS) is 1. The van der Waals surface area contributed by atoms with Gasteiger partial charge in [0.25, 0.3) is 0 Å². The topological polar surface area (TPSA) is 113 Å². The molecular weight excluding hydrogens is 1040 g/mol. The summed E-state index contributed by atoms with van der Waals surface area (Å²) >= 11 is 1.46. The number of aliphatic carboxylic acids is 1. The number of ketones is 1. The Bertz CT molecular complexity index is 2090. The van der Waals surface area contributed by atoms with Crippen molar-refractivity contribution < 1.29 is 19.4 Å². The summed E-state index contributed by atoms with van der Waals surface area (Å²) in [7, 11) is 0. The van der Waals surface area contributed by atoms with Gasteiger partial charge in [-0.3, -0.25) is 9.78 Å². The van der Waals surface area contributed by atoms with Crippen molar-refractivity contribution in [3.8, 4) is 0 Å². The Morgan fingerprint density at radius 3 is 1.30 bits per heavy atom. The minimum absolute atomic E-state index is 0.162. The van der Waals surface area contributed by atoms with Crippen molar-refractivity contribution in [3.05, 3.63) is 71.2 Å². The molecule has 8 nitrogen and oxygen atoms in total. The molecule has 3 heterocycles. The fourth-order valence-corrected chi connectivity index (χ4v) is 14.4. The molecule has 83 heavy (non-hydrogen) atoms. The van der Waals surface area contributed by atoms with Gasteiger partial charge in [-0.25, -0.2) is 9.78 Å². The minimum Gasteiger partial charge on any atom is -0.480 e. The number of hydrogen-bond acceptors (Lipinski definition) is 8. The van der Waals surface area contributed by atoms with Crippen molar-refractivity contribution in [3.63, 3.8) is 0 Å². The predicted molar refractivity (Wildman–Crippen MR) is 357 cm³/mol. The molecule has 1 spiro atoms. The van der Waals surface area contributed by atoms with Gasteiger partial charge in [-0.05, 0) is 67.2 Å². The van der Waals surface area contributed by atoms with Crippen molar-refractivity contribution in [2.75, 3.05) is 24.8 Å². The van der Waals surface area contributed by atoms with Gasteiger partial charge in [0, 0.05) is 54.5 Å². The molecule has 1 aliphatic heterocycles. The zero-order chi connectivity index (χ0) is 58.5. The number of hydrogen-bond donors (Lipinski definition) is 3. The van der Waals surface area contributed by atoms with E-state index in [2.05, 4.69) is 27.5 Å². The third-order valence-electron chi connectivity index (χ3n) is 18.9. The van der Waals surface area contributed by atoms with E-state index in [4.69, 9.17) is 4.74 Å². The number of carbonyl (C=O) groups is 2. The molecule has 0 saturated carbocycles. The summed E-state index contributed by atoms with van der Waals surface area (Å²) in [6.07, 6.45) is 72.6. The molecule has 0 radical (unpaired) electrons. The number of nitrogens with one attached hydrogen (secondary N) is 2. The lowest BCUT2D eigenvalue weighted by atomic mass is 9.65. The number of nitrogens with zero attached hydrogens (tertiary/aromatic N) is 2. The van der Waals surface area contributed by atoms with E-state index in [1.807, 2.05) is 48.9 Å². The van der Waals surface area contributed by atoms with Gasteiger partial charge in [-0.2, -0.15) is 0 Å². The molecule has 2 unspecified atom stereocenters. The summed E-state index contributed by atoms with van der Waals surface area (Å²) in [5.74, 6) is -0.328. The molecular formula is C74H122N4O4S. The van der Waals surface area contributed by atoms with E-state index in [0.717, 1.165) is 59.2 Å². The van der Waals surface area contributed by atoms with Crippen LogP contribution in [0, 0.1) is 5.41 Å². The average molecular weight is 1160 g/mol. The van der Waals surface area contributed by atoms with Gasteiger partial charge in [0.2, 0.25) is 0 Å². The Kier molecular flexibility index (Phi) is 38.8. The molecule has 1 saturated heterocycles. The van der Waals surface area contributed by atoms with Crippen LogP contribution in [0.4, 0.5) is 11.5 Å². The van der Waals surface area contributed by atoms with Crippen LogP contribution >= 0.6 is 11.8 Å². The van der Waals surface area contributed by atoms with Gasteiger partial charge in [0.1, 0.15) is 11.9 Å². The summed E-state index contributed by atoms with van der Waals surface area (Å²) in [4.78, 5) is 37.4. The Balaban J connectivity index is 1.07. The number of pyridine rings is 2. The van der Waals surface area contributed by atoms with Crippen LogP contribution in [0.25, 0.3) is 10.8 Å². The number of ether oxygens (including phenoxy) is 1. The highest BCUT2D eigenvalue weighted by atomic mass is 32.2. The molecule has 3 atom stereocenters. The lowest BCUT2D eigenvalue weighted by Gasteiger charge is -2.46. The van der Waals surface area contributed by atoms with Crippen LogP contribution in [-0.4, -0.2) is 52.3 Å². The second-order valence-electron chi connectivity index (χ2n) is 25.7. The van der Waals surface area contributed by atoms with E-state index < -0.39 is 17.4 Å². The summed E-state index contributed by atoms with van der Waals surface area (Å²) in [6.45, 7) is 3.27. The summed E-state index contributed by atoms with van der Waals surface area (Å²) < 4.78 is 6.36. The predicted octanol–water partition coefficient (Wildman–Crippen LogP) is 22.8. The number of carbonyl (C=O) groups excluding carboxylic acids is 1. The number of aromatic nitrogens is 2. The molecule has 1 aromatic carbocycles. The van der Waals surface area contributed by atoms with Crippen LogP contribution in [0.5, 0.6) is 0 Å². The molecule has 1 aliphatic carbocycles.